The van der Waals surface area contributed by atoms with Gasteiger partial charge in [0.2, 0.25) is 0 Å². The molecule has 0 heterocycles. The minimum Gasteiger partial charge on any atom is -0.462 e. The molecular weight excluding hydrogens is 877 g/mol. The number of carbonyl (C=O) groups is 3. The molecule has 0 aromatic rings. The van der Waals surface area contributed by atoms with Crippen LogP contribution < -0.4 is 0 Å². The highest BCUT2D eigenvalue weighted by molar-refractivity contribution is 5.71. The van der Waals surface area contributed by atoms with Gasteiger partial charge in [0.1, 0.15) is 13.2 Å². The highest BCUT2D eigenvalue weighted by Gasteiger charge is 2.19. The van der Waals surface area contributed by atoms with Crippen LogP contribution in [0.25, 0.3) is 0 Å². The number of ether oxygens (including phenoxy) is 3. The van der Waals surface area contributed by atoms with E-state index < -0.39 is 6.10 Å². The largest absolute Gasteiger partial charge is 0.462 e. The molecule has 6 nitrogen and oxygen atoms in total. The molecule has 0 N–H and O–H groups in total. The van der Waals surface area contributed by atoms with Gasteiger partial charge in [0.15, 0.2) is 6.10 Å². The lowest BCUT2D eigenvalue weighted by Crippen LogP contribution is -2.30. The fourth-order valence-electron chi connectivity index (χ4n) is 8.15. The zero-order valence-corrected chi connectivity index (χ0v) is 46.5. The highest BCUT2D eigenvalue weighted by Crippen LogP contribution is 2.16. The van der Waals surface area contributed by atoms with Crippen molar-refractivity contribution in [1.29, 1.82) is 0 Å². The number of allylic oxidation sites excluding steroid dienone is 16. The summed E-state index contributed by atoms with van der Waals surface area (Å²) in [5, 5.41) is 0. The van der Waals surface area contributed by atoms with Crippen LogP contribution in [0.1, 0.15) is 278 Å². The molecule has 71 heavy (non-hydrogen) atoms. The zero-order valence-electron chi connectivity index (χ0n) is 46.5. The maximum atomic E-state index is 12.9. The summed E-state index contributed by atoms with van der Waals surface area (Å²) in [6, 6.07) is 0. The highest BCUT2D eigenvalue weighted by atomic mass is 16.6. The number of rotatable bonds is 53. The first-order chi connectivity index (χ1) is 35.0. The average Bonchev–Trinajstić information content (AvgIpc) is 3.37. The van der Waals surface area contributed by atoms with E-state index in [9.17, 15) is 14.4 Å². The maximum absolute atomic E-state index is 12.9. The summed E-state index contributed by atoms with van der Waals surface area (Å²) < 4.78 is 16.8. The Morgan fingerprint density at radius 1 is 0.296 bits per heavy atom. The van der Waals surface area contributed by atoms with E-state index in [1.54, 1.807) is 0 Å². The molecule has 6 heteroatoms. The second-order valence-electron chi connectivity index (χ2n) is 19.5. The van der Waals surface area contributed by atoms with Crippen molar-refractivity contribution >= 4 is 17.9 Å². The average molecular weight is 988 g/mol. The number of hydrogen-bond acceptors (Lipinski definition) is 6. The van der Waals surface area contributed by atoms with E-state index in [0.717, 1.165) is 89.9 Å². The number of carbonyl (C=O) groups excluding carboxylic acids is 3. The SMILES string of the molecule is CC/C=C\C/C=C\C/C=C\C/C=C\C/C=C\C/C=C\CCC(=O)OC[C@@H](COC(=O)CCCCCCCCCCCCCCCCCCC)OC(=O)CCCCCCCCC/C=C\C/C=C\CCCCC. The van der Waals surface area contributed by atoms with E-state index in [0.29, 0.717) is 19.3 Å². The normalized spacial score (nSPS) is 12.8. The van der Waals surface area contributed by atoms with Gasteiger partial charge in [-0.25, -0.2) is 0 Å². The second-order valence-corrected chi connectivity index (χ2v) is 19.5. The van der Waals surface area contributed by atoms with Gasteiger partial charge in [-0.3, -0.25) is 14.4 Å². The lowest BCUT2D eigenvalue weighted by molar-refractivity contribution is -0.166. The van der Waals surface area contributed by atoms with E-state index >= 15 is 0 Å². The topological polar surface area (TPSA) is 78.9 Å². The molecule has 0 aliphatic heterocycles. The first kappa shape index (κ1) is 67.3. The van der Waals surface area contributed by atoms with Gasteiger partial charge in [-0.1, -0.05) is 266 Å². The van der Waals surface area contributed by atoms with Crippen LogP contribution in [0.4, 0.5) is 0 Å². The van der Waals surface area contributed by atoms with E-state index in [2.05, 4.69) is 112 Å². The molecule has 0 aromatic carbocycles. The van der Waals surface area contributed by atoms with Crippen molar-refractivity contribution in [2.24, 2.45) is 0 Å². The van der Waals surface area contributed by atoms with Gasteiger partial charge in [-0.15, -0.1) is 0 Å². The summed E-state index contributed by atoms with van der Waals surface area (Å²) in [5.41, 5.74) is 0. The third-order valence-corrected chi connectivity index (χ3v) is 12.6. The number of hydrogen-bond donors (Lipinski definition) is 0. The summed E-state index contributed by atoms with van der Waals surface area (Å²) in [6.45, 7) is 6.45. The van der Waals surface area contributed by atoms with Crippen molar-refractivity contribution in [3.8, 4) is 0 Å². The fraction of sp³-hybridized carbons (Fsp3) is 0.708. The Hall–Kier alpha value is -3.67. The Morgan fingerprint density at radius 3 is 0.972 bits per heavy atom. The minimum absolute atomic E-state index is 0.102. The van der Waals surface area contributed by atoms with Crippen LogP contribution in [0.5, 0.6) is 0 Å². The van der Waals surface area contributed by atoms with Gasteiger partial charge in [-0.2, -0.15) is 0 Å². The summed E-state index contributed by atoms with van der Waals surface area (Å²) in [7, 11) is 0. The van der Waals surface area contributed by atoms with E-state index in [1.807, 2.05) is 6.08 Å². The standard InChI is InChI=1S/C65H110O6/c1-4-7-10-13-16-19-22-25-28-31-32-35-37-40-43-46-49-52-55-58-64(67)70-61-62(71-65(68)59-56-53-50-47-44-41-38-34-30-27-24-21-18-15-12-9-6-3)60-69-63(66)57-54-51-48-45-42-39-36-33-29-26-23-20-17-14-11-8-5-2/h7,10,16,18-19,21,25,27-28,30,32,35,40,43,49,52,62H,4-6,8-9,11-15,17,20,22-24,26,29,31,33-34,36-39,41-42,44-48,50-51,53-61H2,1-3H3/b10-7-,19-16-,21-18-,28-25-,30-27-,35-32-,43-40-,52-49-/t62-/m1/s1. The molecule has 0 unspecified atom stereocenters. The quantitative estimate of drug-likeness (QED) is 0.0261. The first-order valence-corrected chi connectivity index (χ1v) is 29.7. The molecular formula is C65H110O6. The van der Waals surface area contributed by atoms with E-state index in [1.165, 1.54) is 141 Å². The summed E-state index contributed by atoms with van der Waals surface area (Å²) in [4.78, 5) is 38.2. The third kappa shape index (κ3) is 57.1. The molecule has 0 saturated heterocycles. The van der Waals surface area contributed by atoms with Crippen molar-refractivity contribution in [3.05, 3.63) is 97.2 Å². The van der Waals surface area contributed by atoms with Gasteiger partial charge in [0.05, 0.1) is 0 Å². The van der Waals surface area contributed by atoms with Crippen molar-refractivity contribution in [3.63, 3.8) is 0 Å². The fourth-order valence-corrected chi connectivity index (χ4v) is 8.15. The van der Waals surface area contributed by atoms with E-state index in [-0.39, 0.29) is 37.5 Å². The molecule has 0 rings (SSSR count). The van der Waals surface area contributed by atoms with Crippen molar-refractivity contribution in [2.45, 2.75) is 284 Å². The van der Waals surface area contributed by atoms with Crippen LogP contribution in [0.15, 0.2) is 97.2 Å². The van der Waals surface area contributed by atoms with Crippen LogP contribution >= 0.6 is 0 Å². The Kier molecular flexibility index (Phi) is 55.9. The summed E-state index contributed by atoms with van der Waals surface area (Å²) >= 11 is 0. The molecule has 0 spiro atoms. The van der Waals surface area contributed by atoms with Crippen molar-refractivity contribution in [1.82, 2.24) is 0 Å². The molecule has 1 atom stereocenters. The van der Waals surface area contributed by atoms with Crippen molar-refractivity contribution < 1.29 is 28.6 Å². The Morgan fingerprint density at radius 2 is 0.577 bits per heavy atom. The van der Waals surface area contributed by atoms with Crippen molar-refractivity contribution in [2.75, 3.05) is 13.2 Å². The second kappa shape index (κ2) is 58.9. The lowest BCUT2D eigenvalue weighted by Gasteiger charge is -2.18. The molecule has 406 valence electrons. The molecule has 0 bridgehead atoms. The molecule has 0 radical (unpaired) electrons. The van der Waals surface area contributed by atoms with Crippen LogP contribution in [0.3, 0.4) is 0 Å². The Labute approximate surface area is 438 Å². The van der Waals surface area contributed by atoms with Gasteiger partial charge >= 0.3 is 17.9 Å². The van der Waals surface area contributed by atoms with Crippen LogP contribution in [0.2, 0.25) is 0 Å². The summed E-state index contributed by atoms with van der Waals surface area (Å²) in [6.07, 6.45) is 78.4. The smallest absolute Gasteiger partial charge is 0.306 e. The van der Waals surface area contributed by atoms with E-state index in [4.69, 9.17) is 14.2 Å². The maximum Gasteiger partial charge on any atom is 0.306 e. The van der Waals surface area contributed by atoms with Crippen LogP contribution in [-0.2, 0) is 28.6 Å². The summed E-state index contributed by atoms with van der Waals surface area (Å²) in [5.74, 6) is -0.991. The van der Waals surface area contributed by atoms with Gasteiger partial charge in [0, 0.05) is 19.3 Å². The number of unbranched alkanes of at least 4 members (excludes halogenated alkanes) is 26. The van der Waals surface area contributed by atoms with Gasteiger partial charge in [-0.05, 0) is 89.9 Å². The molecule has 0 aromatic heterocycles. The predicted molar refractivity (Wildman–Crippen MR) is 307 cm³/mol. The zero-order chi connectivity index (χ0) is 51.4. The Balaban J connectivity index is 4.50. The minimum atomic E-state index is -0.812. The monoisotopic (exact) mass is 987 g/mol. The molecule has 0 aliphatic carbocycles. The Bertz CT molecular complexity index is 1410. The van der Waals surface area contributed by atoms with Gasteiger partial charge < -0.3 is 14.2 Å². The van der Waals surface area contributed by atoms with Crippen LogP contribution in [0, 0.1) is 0 Å². The predicted octanol–water partition coefficient (Wildman–Crippen LogP) is 20.1. The lowest BCUT2D eigenvalue weighted by atomic mass is 10.0. The number of esters is 3. The van der Waals surface area contributed by atoms with Gasteiger partial charge in [0.25, 0.3) is 0 Å². The third-order valence-electron chi connectivity index (χ3n) is 12.6. The first-order valence-electron chi connectivity index (χ1n) is 29.7. The molecule has 0 aliphatic rings. The molecule has 0 saturated carbocycles. The molecule has 0 amide bonds. The molecule has 0 fully saturated rings. The van der Waals surface area contributed by atoms with Crippen LogP contribution in [-0.4, -0.2) is 37.2 Å².